The van der Waals surface area contributed by atoms with Gasteiger partial charge in [-0.25, -0.2) is 0 Å². The van der Waals surface area contributed by atoms with Gasteiger partial charge in [0.05, 0.1) is 5.88 Å². The fraction of sp³-hybridized carbons (Fsp3) is 0.125. The fourth-order valence-electron chi connectivity index (χ4n) is 2.98. The van der Waals surface area contributed by atoms with Crippen LogP contribution >= 0.6 is 10.0 Å². The topological polar surface area (TPSA) is 12.0 Å². The van der Waals surface area contributed by atoms with Gasteiger partial charge in [-0.2, -0.15) is 10.0 Å². The molecule has 0 amide bonds. The van der Waals surface area contributed by atoms with E-state index in [0.29, 0.717) is 0 Å². The van der Waals surface area contributed by atoms with Gasteiger partial charge >= 0.3 is 0 Å². The predicted octanol–water partition coefficient (Wildman–Crippen LogP) is 4.32. The molecular formula is C16H15NS. The molecule has 4 rings (SSSR count). The number of hydrogen-bond acceptors (Lipinski definition) is 1. The lowest BCUT2D eigenvalue weighted by Gasteiger charge is -2.38. The van der Waals surface area contributed by atoms with Crippen molar-refractivity contribution in [3.05, 3.63) is 60.2 Å². The molecule has 2 aliphatic heterocycles. The summed E-state index contributed by atoms with van der Waals surface area (Å²) in [5.74, 6) is 2.27. The Bertz CT molecular complexity index is 647. The van der Waals surface area contributed by atoms with E-state index in [1.165, 1.54) is 21.9 Å². The van der Waals surface area contributed by atoms with Crippen molar-refractivity contribution in [2.24, 2.45) is 0 Å². The lowest BCUT2D eigenvalue weighted by atomic mass is 10.2. The van der Waals surface area contributed by atoms with Crippen LogP contribution in [0.15, 0.2) is 64.4 Å². The van der Waals surface area contributed by atoms with Crippen molar-refractivity contribution in [2.75, 3.05) is 16.9 Å². The maximum Gasteiger partial charge on any atom is 0.0537 e. The molecule has 2 aromatic rings. The van der Waals surface area contributed by atoms with Crippen LogP contribution < -0.4 is 5.32 Å². The second kappa shape index (κ2) is 3.66. The average Bonchev–Trinajstić information content (AvgIpc) is 2.80. The lowest BCUT2D eigenvalue weighted by Crippen LogP contribution is -2.11. The second-order valence-corrected chi connectivity index (χ2v) is 8.08. The van der Waals surface area contributed by atoms with Crippen molar-refractivity contribution in [3.8, 4) is 0 Å². The summed E-state index contributed by atoms with van der Waals surface area (Å²) in [6.45, 7) is 0. The van der Waals surface area contributed by atoms with E-state index in [1.807, 2.05) is 0 Å². The quantitative estimate of drug-likeness (QED) is 0.737. The third-order valence-electron chi connectivity index (χ3n) is 3.84. The largest absolute Gasteiger partial charge is 0.376 e. The van der Waals surface area contributed by atoms with Gasteiger partial charge in [-0.3, -0.25) is 0 Å². The van der Waals surface area contributed by atoms with Gasteiger partial charge in [0.1, 0.15) is 0 Å². The molecule has 0 saturated heterocycles. The van der Waals surface area contributed by atoms with Gasteiger partial charge in [-0.05, 0) is 23.8 Å². The van der Waals surface area contributed by atoms with E-state index in [9.17, 15) is 0 Å². The summed E-state index contributed by atoms with van der Waals surface area (Å²) in [5.41, 5.74) is 2.73. The monoisotopic (exact) mass is 253 g/mol. The molecule has 1 unspecified atom stereocenters. The molecule has 0 fully saturated rings. The van der Waals surface area contributed by atoms with Crippen molar-refractivity contribution in [1.29, 1.82) is 0 Å². The first-order valence-corrected chi connectivity index (χ1v) is 8.25. The van der Waals surface area contributed by atoms with Crippen LogP contribution in [0.25, 0.3) is 6.08 Å². The molecule has 2 heterocycles. The van der Waals surface area contributed by atoms with Gasteiger partial charge in [0.2, 0.25) is 0 Å². The highest BCUT2D eigenvalue weighted by Crippen LogP contribution is 2.69. The molecular weight excluding hydrogens is 238 g/mol. The Balaban J connectivity index is 2.00. The molecule has 1 nitrogen and oxygen atoms in total. The summed E-state index contributed by atoms with van der Waals surface area (Å²) in [4.78, 5) is 3.08. The Morgan fingerprint density at radius 3 is 2.61 bits per heavy atom. The van der Waals surface area contributed by atoms with E-state index in [4.69, 9.17) is 0 Å². The van der Waals surface area contributed by atoms with E-state index in [-0.39, 0.29) is 0 Å². The van der Waals surface area contributed by atoms with Crippen molar-refractivity contribution in [1.82, 2.24) is 0 Å². The maximum absolute atomic E-state index is 3.60. The molecule has 0 radical (unpaired) electrons. The molecule has 1 spiro atoms. The Morgan fingerprint density at radius 2 is 1.67 bits per heavy atom. The molecule has 0 saturated carbocycles. The number of para-hydroxylation sites is 1. The first-order chi connectivity index (χ1) is 8.90. The predicted molar refractivity (Wildman–Crippen MR) is 79.4 cm³/mol. The van der Waals surface area contributed by atoms with Gasteiger partial charge in [0.25, 0.3) is 0 Å². The average molecular weight is 253 g/mol. The minimum absolute atomic E-state index is 0.879. The van der Waals surface area contributed by atoms with Crippen LogP contribution in [-0.4, -0.2) is 11.6 Å². The van der Waals surface area contributed by atoms with Crippen LogP contribution in [0.4, 0.5) is 5.69 Å². The summed E-state index contributed by atoms with van der Waals surface area (Å²) in [7, 11) is -0.879. The third kappa shape index (κ3) is 1.24. The van der Waals surface area contributed by atoms with Crippen LogP contribution in [0, 0.1) is 0 Å². The molecule has 0 aliphatic carbocycles. The van der Waals surface area contributed by atoms with E-state index >= 15 is 0 Å². The number of rotatable bonds is 0. The Morgan fingerprint density at radius 1 is 0.889 bits per heavy atom. The van der Waals surface area contributed by atoms with E-state index in [2.05, 4.69) is 66.0 Å². The van der Waals surface area contributed by atoms with Crippen LogP contribution in [0.3, 0.4) is 0 Å². The molecule has 2 heteroatoms. The summed E-state index contributed by atoms with van der Waals surface area (Å²) < 4.78 is 0. The van der Waals surface area contributed by atoms with Gasteiger partial charge in [0, 0.05) is 21.2 Å². The number of hydrogen-bond donors (Lipinski definition) is 1. The number of fused-ring (bicyclic) bond motifs is 4. The van der Waals surface area contributed by atoms with Crippen LogP contribution in [0.1, 0.15) is 5.56 Å². The molecule has 1 atom stereocenters. The van der Waals surface area contributed by atoms with Crippen LogP contribution in [0.5, 0.6) is 0 Å². The zero-order chi connectivity index (χ0) is 12.0. The summed E-state index contributed by atoms with van der Waals surface area (Å²) >= 11 is 0. The number of nitrogens with one attached hydrogen (secondary N) is 1. The van der Waals surface area contributed by atoms with Gasteiger partial charge in [0.15, 0.2) is 0 Å². The first-order valence-electron chi connectivity index (χ1n) is 6.27. The minimum Gasteiger partial charge on any atom is -0.376 e. The zero-order valence-electron chi connectivity index (χ0n) is 10.1. The molecule has 0 aromatic heterocycles. The summed E-state index contributed by atoms with van der Waals surface area (Å²) in [6, 6.07) is 17.7. The second-order valence-electron chi connectivity index (χ2n) is 4.81. The highest BCUT2D eigenvalue weighted by atomic mass is 32.3. The van der Waals surface area contributed by atoms with Crippen molar-refractivity contribution < 1.29 is 0 Å². The molecule has 2 aromatic carbocycles. The fourth-order valence-corrected chi connectivity index (χ4v) is 6.66. The zero-order valence-corrected chi connectivity index (χ0v) is 10.9. The van der Waals surface area contributed by atoms with Crippen molar-refractivity contribution >= 4 is 21.8 Å². The normalized spacial score (nSPS) is 27.1. The standard InChI is InChI=1S/C16H15NS/c1-3-9-15-13(6-1)7-5-11-18(15)12-17-14-8-2-4-10-16(14)18/h1-10,17H,11-12H2. The summed E-state index contributed by atoms with van der Waals surface area (Å²) in [6.07, 6.45) is 4.62. The third-order valence-corrected chi connectivity index (χ3v) is 7.65. The van der Waals surface area contributed by atoms with Crippen LogP contribution in [-0.2, 0) is 0 Å². The number of benzene rings is 2. The Labute approximate surface area is 109 Å². The summed E-state index contributed by atoms with van der Waals surface area (Å²) in [5, 5.41) is 3.60. The first kappa shape index (κ1) is 10.3. The molecule has 18 heavy (non-hydrogen) atoms. The lowest BCUT2D eigenvalue weighted by molar-refractivity contribution is 1.33. The van der Waals surface area contributed by atoms with E-state index < -0.39 is 10.0 Å². The van der Waals surface area contributed by atoms with Crippen LogP contribution in [0.2, 0.25) is 0 Å². The van der Waals surface area contributed by atoms with Crippen molar-refractivity contribution in [3.63, 3.8) is 0 Å². The highest BCUT2D eigenvalue weighted by Gasteiger charge is 2.36. The molecule has 90 valence electrons. The Kier molecular flexibility index (Phi) is 2.09. The molecule has 0 bridgehead atoms. The van der Waals surface area contributed by atoms with E-state index in [1.54, 1.807) is 4.90 Å². The SMILES string of the molecule is C1=Cc2ccccc2S2(C1)CNc1ccccc12. The highest BCUT2D eigenvalue weighted by molar-refractivity contribution is 8.34. The smallest absolute Gasteiger partial charge is 0.0537 e. The minimum atomic E-state index is -0.879. The maximum atomic E-state index is 3.60. The van der Waals surface area contributed by atoms with Crippen molar-refractivity contribution in [2.45, 2.75) is 9.79 Å². The molecule has 2 aliphatic rings. The van der Waals surface area contributed by atoms with E-state index in [0.717, 1.165) is 5.88 Å². The van der Waals surface area contributed by atoms with Gasteiger partial charge < -0.3 is 5.32 Å². The van der Waals surface area contributed by atoms with Gasteiger partial charge in [-0.15, -0.1) is 0 Å². The number of anilines is 1. The molecule has 1 N–H and O–H groups in total. The van der Waals surface area contributed by atoms with Gasteiger partial charge in [-0.1, -0.05) is 42.5 Å². The Hall–Kier alpha value is -1.67.